The van der Waals surface area contributed by atoms with E-state index >= 15 is 0 Å². The number of halogens is 1. The largest absolute Gasteiger partial charge is 0.611 e. The van der Waals surface area contributed by atoms with Gasteiger partial charge in [-0.3, -0.25) is 9.59 Å². The van der Waals surface area contributed by atoms with E-state index in [0.717, 1.165) is 12.0 Å². The zero-order chi connectivity index (χ0) is 23.8. The number of nitrogens with two attached hydrogens (primary N) is 1. The van der Waals surface area contributed by atoms with Crippen molar-refractivity contribution in [2.24, 2.45) is 5.73 Å². The van der Waals surface area contributed by atoms with Gasteiger partial charge in [-0.25, -0.2) is 13.7 Å². The molecule has 176 valence electrons. The highest BCUT2D eigenvalue weighted by Gasteiger charge is 2.61. The van der Waals surface area contributed by atoms with Crippen LogP contribution < -0.4 is 5.73 Å². The monoisotopic (exact) mass is 473 g/mol. The number of nitrogens with zero attached hydrogens (tertiary/aromatic N) is 1. The number of hydrogen-bond donors (Lipinski definition) is 1. The number of ketones is 1. The highest BCUT2D eigenvalue weighted by molar-refractivity contribution is 7.91. The molecule has 0 bridgehead atoms. The van der Waals surface area contributed by atoms with Gasteiger partial charge in [0.05, 0.1) is 19.5 Å². The molecule has 6 nitrogen and oxygen atoms in total. The second-order valence-corrected chi connectivity index (χ2v) is 10.1. The lowest BCUT2D eigenvalue weighted by atomic mass is 10.0. The Morgan fingerprint density at radius 3 is 2.33 bits per heavy atom. The second-order valence-electron chi connectivity index (χ2n) is 8.50. The van der Waals surface area contributed by atoms with E-state index in [2.05, 4.69) is 0 Å². The number of quaternary nitrogens is 1. The smallest absolute Gasteiger partial charge is 0.329 e. The first-order valence-corrected chi connectivity index (χ1v) is 12.6. The molecule has 0 spiro atoms. The highest BCUT2D eigenvalue weighted by Crippen LogP contribution is 2.37. The number of amides is 2. The SMILES string of the molecule is NC(=O)CC[N+]1(CCCCCC(=O)c2ccc(F)cc2)C(=O)CC1[S+]([O-])Cc1ccccc1. The third kappa shape index (κ3) is 6.50. The Morgan fingerprint density at radius 2 is 1.70 bits per heavy atom. The van der Waals surface area contributed by atoms with E-state index in [9.17, 15) is 23.3 Å². The van der Waals surface area contributed by atoms with Crippen LogP contribution in [0.3, 0.4) is 0 Å². The van der Waals surface area contributed by atoms with Crippen LogP contribution in [0.15, 0.2) is 54.6 Å². The summed E-state index contributed by atoms with van der Waals surface area (Å²) in [6.07, 6.45) is 2.66. The van der Waals surface area contributed by atoms with Gasteiger partial charge in [0, 0.05) is 28.7 Å². The van der Waals surface area contributed by atoms with Crippen LogP contribution in [0.25, 0.3) is 0 Å². The normalized spacial score (nSPS) is 20.8. The lowest BCUT2D eigenvalue weighted by molar-refractivity contribution is -0.891. The van der Waals surface area contributed by atoms with Gasteiger partial charge in [-0.15, -0.1) is 0 Å². The Bertz CT molecular complexity index is 970. The molecule has 2 amide bonds. The Labute approximate surface area is 196 Å². The molecule has 1 aliphatic heterocycles. The van der Waals surface area contributed by atoms with Crippen molar-refractivity contribution in [3.05, 3.63) is 71.5 Å². The molecule has 0 radical (unpaired) electrons. The molecule has 8 heteroatoms. The number of carbonyl (C=O) groups excluding carboxylic acids is 3. The van der Waals surface area contributed by atoms with E-state index in [1.54, 1.807) is 0 Å². The summed E-state index contributed by atoms with van der Waals surface area (Å²) in [5.74, 6) is -0.555. The molecule has 3 atom stereocenters. The van der Waals surface area contributed by atoms with Crippen LogP contribution in [0.4, 0.5) is 4.39 Å². The van der Waals surface area contributed by atoms with Gasteiger partial charge >= 0.3 is 5.91 Å². The van der Waals surface area contributed by atoms with Crippen LogP contribution in [0.5, 0.6) is 0 Å². The predicted octanol–water partition coefficient (Wildman–Crippen LogP) is 3.47. The molecule has 0 aromatic heterocycles. The number of unbranched alkanes of at least 4 members (excludes halogenated alkanes) is 2. The van der Waals surface area contributed by atoms with Crippen molar-refractivity contribution in [1.82, 2.24) is 0 Å². The van der Waals surface area contributed by atoms with Gasteiger partial charge < -0.3 is 10.3 Å². The summed E-state index contributed by atoms with van der Waals surface area (Å²) < 4.78 is 26.2. The average Bonchev–Trinajstić information content (AvgIpc) is 2.79. The number of Topliss-reactive ketones (excluding diaryl/α,β-unsaturated/α-hetero) is 1. The van der Waals surface area contributed by atoms with Gasteiger partial charge in [0.25, 0.3) is 5.37 Å². The first kappa shape index (κ1) is 25.1. The molecule has 2 aromatic carbocycles. The fourth-order valence-electron chi connectivity index (χ4n) is 4.30. The topological polar surface area (TPSA) is 100 Å². The molecule has 3 rings (SSSR count). The number of primary amides is 1. The Hall–Kier alpha value is -2.55. The van der Waals surface area contributed by atoms with Crippen molar-refractivity contribution >= 4 is 28.8 Å². The molecule has 33 heavy (non-hydrogen) atoms. The maximum absolute atomic E-state index is 13.1. The van der Waals surface area contributed by atoms with Crippen molar-refractivity contribution in [1.29, 1.82) is 0 Å². The van der Waals surface area contributed by atoms with Crippen LogP contribution in [0, 0.1) is 5.82 Å². The zero-order valence-electron chi connectivity index (χ0n) is 18.6. The van der Waals surface area contributed by atoms with Gasteiger partial charge in [0.1, 0.15) is 11.6 Å². The summed E-state index contributed by atoms with van der Waals surface area (Å²) in [5, 5.41) is -0.349. The van der Waals surface area contributed by atoms with E-state index in [-0.39, 0.29) is 46.8 Å². The van der Waals surface area contributed by atoms with Crippen molar-refractivity contribution in [2.45, 2.75) is 49.7 Å². The summed E-state index contributed by atoms with van der Waals surface area (Å²) in [6, 6.07) is 15.0. The van der Waals surface area contributed by atoms with Crippen LogP contribution in [-0.2, 0) is 26.5 Å². The second kappa shape index (κ2) is 11.5. The average molecular weight is 474 g/mol. The zero-order valence-corrected chi connectivity index (χ0v) is 19.4. The number of carbonyl (C=O) groups is 3. The molecular formula is C25H30FN2O4S+. The predicted molar refractivity (Wildman–Crippen MR) is 125 cm³/mol. The van der Waals surface area contributed by atoms with E-state index in [4.69, 9.17) is 5.73 Å². The Balaban J connectivity index is 1.56. The molecule has 1 fully saturated rings. The molecule has 3 unspecified atom stereocenters. The number of benzene rings is 2. The summed E-state index contributed by atoms with van der Waals surface area (Å²) >= 11 is -1.26. The third-order valence-electron chi connectivity index (χ3n) is 6.24. The van der Waals surface area contributed by atoms with Gasteiger partial charge in [-0.05, 0) is 43.5 Å². The minimum Gasteiger partial charge on any atom is -0.611 e. The fourth-order valence-corrected chi connectivity index (χ4v) is 6.12. The van der Waals surface area contributed by atoms with Crippen LogP contribution >= 0.6 is 0 Å². The molecule has 1 saturated heterocycles. The van der Waals surface area contributed by atoms with E-state index in [1.165, 1.54) is 24.3 Å². The van der Waals surface area contributed by atoms with Crippen LogP contribution in [-0.4, -0.2) is 45.1 Å². The van der Waals surface area contributed by atoms with Gasteiger partial charge in [-0.1, -0.05) is 30.3 Å². The first-order chi connectivity index (χ1) is 15.8. The van der Waals surface area contributed by atoms with Gasteiger partial charge in [0.2, 0.25) is 5.91 Å². The van der Waals surface area contributed by atoms with E-state index in [0.29, 0.717) is 37.1 Å². The quantitative estimate of drug-likeness (QED) is 0.158. The highest BCUT2D eigenvalue weighted by atomic mass is 32.2. The van der Waals surface area contributed by atoms with Crippen LogP contribution in [0.1, 0.15) is 54.4 Å². The molecule has 2 N–H and O–H groups in total. The summed E-state index contributed by atoms with van der Waals surface area (Å²) in [4.78, 5) is 36.4. The lowest BCUT2D eigenvalue weighted by Crippen LogP contribution is -2.72. The van der Waals surface area contributed by atoms with Crippen molar-refractivity contribution in [2.75, 3.05) is 13.1 Å². The Kier molecular flexibility index (Phi) is 8.77. The number of rotatable bonds is 13. The first-order valence-electron chi connectivity index (χ1n) is 11.2. The third-order valence-corrected chi connectivity index (χ3v) is 8.03. The summed E-state index contributed by atoms with van der Waals surface area (Å²) in [7, 11) is 0. The maximum Gasteiger partial charge on any atom is 0.329 e. The molecule has 1 heterocycles. The Morgan fingerprint density at radius 1 is 1.00 bits per heavy atom. The summed E-state index contributed by atoms with van der Waals surface area (Å²) in [6.45, 7) is 0.732. The molecular weight excluding hydrogens is 443 g/mol. The van der Waals surface area contributed by atoms with Gasteiger partial charge in [0.15, 0.2) is 12.2 Å². The fraction of sp³-hybridized carbons (Fsp3) is 0.400. The number of likely N-dealkylation sites (tertiary alicyclic amines) is 1. The van der Waals surface area contributed by atoms with Crippen LogP contribution in [0.2, 0.25) is 0 Å². The van der Waals surface area contributed by atoms with Crippen molar-refractivity contribution in [3.63, 3.8) is 0 Å². The minimum absolute atomic E-state index is 0.00921. The standard InChI is InChI=1S/C25H29FN2O4S/c26-21-12-10-20(11-13-21)22(29)9-5-2-6-15-28(16-14-23(27)30)24(31)17-25(28)33(32)18-19-7-3-1-4-8-19/h1,3-4,7-8,10-13,25H,2,5-6,9,14-18H2,(H-,27,30)/p+1. The maximum atomic E-state index is 13.1. The molecule has 1 aliphatic rings. The van der Waals surface area contributed by atoms with Crippen molar-refractivity contribution < 1.29 is 27.8 Å². The van der Waals surface area contributed by atoms with E-state index < -0.39 is 17.1 Å². The molecule has 0 saturated carbocycles. The number of β-lactam (4-membered cyclic amide) rings is 1. The van der Waals surface area contributed by atoms with Crippen molar-refractivity contribution in [3.8, 4) is 0 Å². The summed E-state index contributed by atoms with van der Waals surface area (Å²) in [5.41, 5.74) is 6.78. The molecule has 0 aliphatic carbocycles. The van der Waals surface area contributed by atoms with Gasteiger partial charge in [-0.2, -0.15) is 0 Å². The van der Waals surface area contributed by atoms with E-state index in [1.807, 2.05) is 30.3 Å². The minimum atomic E-state index is -1.26. The lowest BCUT2D eigenvalue weighted by Gasteiger charge is -2.48. The number of hydrogen-bond acceptors (Lipinski definition) is 4. The molecule has 2 aromatic rings.